The Bertz CT molecular complexity index is 891. The van der Waals surface area contributed by atoms with E-state index in [1.807, 2.05) is 30.3 Å². The van der Waals surface area contributed by atoms with E-state index in [0.29, 0.717) is 18.5 Å². The largest absolute Gasteiger partial charge is 0.372 e. The van der Waals surface area contributed by atoms with Crippen molar-refractivity contribution in [2.45, 2.75) is 32.9 Å². The first-order valence-electron chi connectivity index (χ1n) is 9.84. The summed E-state index contributed by atoms with van der Waals surface area (Å²) in [7, 11) is -3.07. The Kier molecular flexibility index (Phi) is 6.39. The molecule has 1 heterocycles. The molecule has 1 atom stereocenters. The molecule has 1 amide bonds. The SMILES string of the molecule is CCN(CC)c1ccc(CN(C(=O)c2ccccc2)[C@H]2CCS(=O)(=O)C2)cc1. The van der Waals surface area contributed by atoms with Gasteiger partial charge in [0, 0.05) is 36.9 Å². The molecule has 0 bridgehead atoms. The minimum atomic E-state index is -3.07. The second-order valence-electron chi connectivity index (χ2n) is 7.19. The summed E-state index contributed by atoms with van der Waals surface area (Å²) < 4.78 is 24.0. The van der Waals surface area contributed by atoms with Crippen LogP contribution >= 0.6 is 0 Å². The van der Waals surface area contributed by atoms with Crippen LogP contribution in [0.25, 0.3) is 0 Å². The number of hydrogen-bond donors (Lipinski definition) is 0. The van der Waals surface area contributed by atoms with Gasteiger partial charge >= 0.3 is 0 Å². The second-order valence-corrected chi connectivity index (χ2v) is 9.42. The number of rotatable bonds is 7. The van der Waals surface area contributed by atoms with Gasteiger partial charge < -0.3 is 9.80 Å². The molecule has 0 aromatic heterocycles. The molecule has 1 aliphatic heterocycles. The fourth-order valence-corrected chi connectivity index (χ4v) is 5.46. The number of sulfone groups is 1. The maximum Gasteiger partial charge on any atom is 0.254 e. The van der Waals surface area contributed by atoms with Gasteiger partial charge in [-0.2, -0.15) is 0 Å². The first-order chi connectivity index (χ1) is 13.4. The van der Waals surface area contributed by atoms with Crippen LogP contribution in [0.3, 0.4) is 0 Å². The molecule has 0 N–H and O–H groups in total. The maximum absolute atomic E-state index is 13.1. The van der Waals surface area contributed by atoms with Gasteiger partial charge in [0.25, 0.3) is 5.91 Å². The summed E-state index contributed by atoms with van der Waals surface area (Å²) in [6.45, 7) is 6.53. The van der Waals surface area contributed by atoms with Crippen molar-refractivity contribution in [2.24, 2.45) is 0 Å². The van der Waals surface area contributed by atoms with E-state index < -0.39 is 9.84 Å². The first kappa shape index (κ1) is 20.4. The molecule has 2 aromatic rings. The molecule has 0 unspecified atom stereocenters. The number of benzene rings is 2. The topological polar surface area (TPSA) is 57.7 Å². The normalized spacial score (nSPS) is 18.0. The van der Waals surface area contributed by atoms with Gasteiger partial charge in [0.05, 0.1) is 11.5 Å². The average molecular weight is 401 g/mol. The highest BCUT2D eigenvalue weighted by atomic mass is 32.2. The summed E-state index contributed by atoms with van der Waals surface area (Å²) in [6, 6.07) is 17.0. The fourth-order valence-electron chi connectivity index (χ4n) is 3.73. The van der Waals surface area contributed by atoms with Crippen molar-refractivity contribution in [3.63, 3.8) is 0 Å². The minimum Gasteiger partial charge on any atom is -0.372 e. The molecule has 1 saturated heterocycles. The lowest BCUT2D eigenvalue weighted by atomic mass is 10.1. The third-order valence-corrected chi connectivity index (χ3v) is 7.10. The van der Waals surface area contributed by atoms with Crippen molar-refractivity contribution in [1.82, 2.24) is 4.90 Å². The van der Waals surface area contributed by atoms with E-state index in [2.05, 4.69) is 30.9 Å². The van der Waals surface area contributed by atoms with Crippen molar-refractivity contribution >= 4 is 21.4 Å². The first-order valence-corrected chi connectivity index (χ1v) is 11.7. The van der Waals surface area contributed by atoms with Crippen molar-refractivity contribution in [2.75, 3.05) is 29.5 Å². The van der Waals surface area contributed by atoms with Crippen molar-refractivity contribution in [1.29, 1.82) is 0 Å². The summed E-state index contributed by atoms with van der Waals surface area (Å²) in [6.07, 6.45) is 0.498. The number of carbonyl (C=O) groups excluding carboxylic acids is 1. The van der Waals surface area contributed by atoms with Gasteiger partial charge in [0.1, 0.15) is 0 Å². The molecule has 28 heavy (non-hydrogen) atoms. The Balaban J connectivity index is 1.84. The summed E-state index contributed by atoms with van der Waals surface area (Å²) >= 11 is 0. The Morgan fingerprint density at radius 3 is 2.18 bits per heavy atom. The summed E-state index contributed by atoms with van der Waals surface area (Å²) in [5.74, 6) is 0.0794. The number of carbonyl (C=O) groups is 1. The van der Waals surface area contributed by atoms with Crippen LogP contribution in [0.15, 0.2) is 54.6 Å². The van der Waals surface area contributed by atoms with E-state index in [-0.39, 0.29) is 23.5 Å². The standard InChI is InChI=1S/C22H28N2O3S/c1-3-23(4-2)20-12-10-18(11-13-20)16-24(21-14-15-28(26,27)17-21)22(25)19-8-6-5-7-9-19/h5-13,21H,3-4,14-17H2,1-2H3/t21-/m0/s1. The summed E-state index contributed by atoms with van der Waals surface area (Å²) in [5.41, 5.74) is 2.74. The maximum atomic E-state index is 13.1. The van der Waals surface area contributed by atoms with Crippen molar-refractivity contribution in [3.8, 4) is 0 Å². The van der Waals surface area contributed by atoms with Crippen LogP contribution in [-0.4, -0.2) is 49.9 Å². The Hall–Kier alpha value is -2.34. The molecule has 0 aliphatic carbocycles. The molecule has 150 valence electrons. The van der Waals surface area contributed by atoms with Crippen LogP contribution in [-0.2, 0) is 16.4 Å². The Morgan fingerprint density at radius 2 is 1.64 bits per heavy atom. The molecular weight excluding hydrogens is 372 g/mol. The zero-order valence-electron chi connectivity index (χ0n) is 16.5. The van der Waals surface area contributed by atoms with Crippen LogP contribution in [0.5, 0.6) is 0 Å². The van der Waals surface area contributed by atoms with Gasteiger partial charge in [0.15, 0.2) is 9.84 Å². The van der Waals surface area contributed by atoms with E-state index in [1.165, 1.54) is 0 Å². The smallest absolute Gasteiger partial charge is 0.254 e. The van der Waals surface area contributed by atoms with Gasteiger partial charge in [-0.05, 0) is 50.1 Å². The summed E-state index contributed by atoms with van der Waals surface area (Å²) in [5, 5.41) is 0. The third kappa shape index (κ3) is 4.73. The number of anilines is 1. The predicted octanol–water partition coefficient (Wildman–Crippen LogP) is 3.36. The van der Waals surface area contributed by atoms with Gasteiger partial charge in [-0.15, -0.1) is 0 Å². The highest BCUT2D eigenvalue weighted by Gasteiger charge is 2.35. The average Bonchev–Trinajstić information content (AvgIpc) is 3.08. The molecular formula is C22H28N2O3S. The quantitative estimate of drug-likeness (QED) is 0.715. The van der Waals surface area contributed by atoms with Gasteiger partial charge in [-0.25, -0.2) is 8.42 Å². The van der Waals surface area contributed by atoms with Crippen LogP contribution in [0.1, 0.15) is 36.2 Å². The van der Waals surface area contributed by atoms with E-state index >= 15 is 0 Å². The van der Waals surface area contributed by atoms with E-state index in [1.54, 1.807) is 17.0 Å². The minimum absolute atomic E-state index is 0.0447. The van der Waals surface area contributed by atoms with Gasteiger partial charge in [-0.1, -0.05) is 30.3 Å². The van der Waals surface area contributed by atoms with Crippen LogP contribution < -0.4 is 4.90 Å². The highest BCUT2D eigenvalue weighted by Crippen LogP contribution is 2.23. The van der Waals surface area contributed by atoms with E-state index in [4.69, 9.17) is 0 Å². The fraction of sp³-hybridized carbons (Fsp3) is 0.409. The van der Waals surface area contributed by atoms with Gasteiger partial charge in [-0.3, -0.25) is 4.79 Å². The lowest BCUT2D eigenvalue weighted by Crippen LogP contribution is -2.40. The summed E-state index contributed by atoms with van der Waals surface area (Å²) in [4.78, 5) is 17.1. The molecule has 3 rings (SSSR count). The lowest BCUT2D eigenvalue weighted by Gasteiger charge is -2.29. The highest BCUT2D eigenvalue weighted by molar-refractivity contribution is 7.91. The molecule has 0 radical (unpaired) electrons. The van der Waals surface area contributed by atoms with Crippen LogP contribution in [0.4, 0.5) is 5.69 Å². The van der Waals surface area contributed by atoms with Crippen LogP contribution in [0.2, 0.25) is 0 Å². The number of nitrogens with zero attached hydrogens (tertiary/aromatic N) is 2. The third-order valence-electron chi connectivity index (χ3n) is 5.35. The zero-order valence-corrected chi connectivity index (χ0v) is 17.4. The number of amides is 1. The molecule has 5 nitrogen and oxygen atoms in total. The van der Waals surface area contributed by atoms with Crippen molar-refractivity contribution in [3.05, 3.63) is 65.7 Å². The van der Waals surface area contributed by atoms with E-state index in [9.17, 15) is 13.2 Å². The lowest BCUT2D eigenvalue weighted by molar-refractivity contribution is 0.0681. The second kappa shape index (κ2) is 8.78. The van der Waals surface area contributed by atoms with Gasteiger partial charge in [0.2, 0.25) is 0 Å². The predicted molar refractivity (Wildman–Crippen MR) is 113 cm³/mol. The van der Waals surface area contributed by atoms with Crippen molar-refractivity contribution < 1.29 is 13.2 Å². The zero-order chi connectivity index (χ0) is 20.1. The molecule has 6 heteroatoms. The molecule has 0 saturated carbocycles. The molecule has 0 spiro atoms. The molecule has 1 aliphatic rings. The monoisotopic (exact) mass is 400 g/mol. The Labute approximate surface area is 167 Å². The molecule has 2 aromatic carbocycles. The molecule has 1 fully saturated rings. The van der Waals surface area contributed by atoms with Crippen LogP contribution in [0, 0.1) is 0 Å². The Morgan fingerprint density at radius 1 is 1.00 bits per heavy atom. The van der Waals surface area contributed by atoms with E-state index in [0.717, 1.165) is 24.3 Å². The number of hydrogen-bond acceptors (Lipinski definition) is 4.